The molecule has 0 aliphatic carbocycles. The van der Waals surface area contributed by atoms with E-state index in [1.54, 1.807) is 11.8 Å². The zero-order chi connectivity index (χ0) is 13.7. The van der Waals surface area contributed by atoms with Crippen LogP contribution in [0.2, 0.25) is 0 Å². The third kappa shape index (κ3) is 4.21. The Morgan fingerprint density at radius 1 is 1.39 bits per heavy atom. The molecule has 0 bridgehead atoms. The lowest BCUT2D eigenvalue weighted by Gasteiger charge is -2.25. The minimum absolute atomic E-state index is 0.128. The van der Waals surface area contributed by atoms with E-state index in [4.69, 9.17) is 0 Å². The Hall–Kier alpha value is -0.130. The first kappa shape index (κ1) is 15.9. The second-order valence-corrected chi connectivity index (χ2v) is 6.21. The van der Waals surface area contributed by atoms with E-state index in [0.717, 1.165) is 12.2 Å². The number of hydrogen-bond donors (Lipinski definition) is 0. The first-order valence-electron chi connectivity index (χ1n) is 5.79. The van der Waals surface area contributed by atoms with Crippen LogP contribution < -0.4 is 0 Å². The highest BCUT2D eigenvalue weighted by Crippen LogP contribution is 2.23. The van der Waals surface area contributed by atoms with Gasteiger partial charge in [-0.1, -0.05) is 0 Å². The van der Waals surface area contributed by atoms with E-state index in [1.165, 1.54) is 12.1 Å². The molecule has 1 aromatic carbocycles. The van der Waals surface area contributed by atoms with Crippen molar-refractivity contribution in [3.8, 4) is 0 Å². The van der Waals surface area contributed by atoms with Crippen molar-refractivity contribution in [3.05, 3.63) is 33.8 Å². The van der Waals surface area contributed by atoms with Crippen LogP contribution in [0.4, 0.5) is 8.78 Å². The van der Waals surface area contributed by atoms with Gasteiger partial charge >= 0.3 is 0 Å². The summed E-state index contributed by atoms with van der Waals surface area (Å²) >= 11 is 4.87. The minimum atomic E-state index is -0.501. The summed E-state index contributed by atoms with van der Waals surface area (Å²) in [6, 6.07) is 2.99. The molecule has 5 heteroatoms. The molecule has 18 heavy (non-hydrogen) atoms. The predicted molar refractivity (Wildman–Crippen MR) is 78.0 cm³/mol. The number of rotatable bonds is 6. The fraction of sp³-hybridized carbons (Fsp3) is 0.538. The largest absolute Gasteiger partial charge is 0.299 e. The van der Waals surface area contributed by atoms with Gasteiger partial charge in [0.1, 0.15) is 11.6 Å². The highest BCUT2D eigenvalue weighted by Gasteiger charge is 2.16. The quantitative estimate of drug-likeness (QED) is 0.712. The Morgan fingerprint density at radius 2 is 2.06 bits per heavy atom. The third-order valence-electron chi connectivity index (χ3n) is 3.04. The molecule has 1 unspecified atom stereocenters. The molecule has 0 aliphatic heterocycles. The van der Waals surface area contributed by atoms with Crippen LogP contribution in [0, 0.1) is 11.6 Å². The zero-order valence-corrected chi connectivity index (χ0v) is 13.2. The van der Waals surface area contributed by atoms with E-state index in [2.05, 4.69) is 29.1 Å². The van der Waals surface area contributed by atoms with Gasteiger partial charge in [0, 0.05) is 18.2 Å². The molecular formula is C13H18BrF2NS. The average Bonchev–Trinajstić information content (AvgIpc) is 2.36. The predicted octanol–water partition coefficient (Wildman–Crippen LogP) is 4.30. The highest BCUT2D eigenvalue weighted by atomic mass is 79.9. The SMILES string of the molecule is CSCCC(C)N(C)Cc1c(F)ccc(Br)c1F. The maximum Gasteiger partial charge on any atom is 0.144 e. The van der Waals surface area contributed by atoms with E-state index in [1.807, 2.05) is 11.9 Å². The molecule has 0 aromatic heterocycles. The standard InChI is InChI=1S/C13H18BrF2NS/c1-9(6-7-18-3)17(2)8-10-12(15)5-4-11(14)13(10)16/h4-5,9H,6-8H2,1-3H3. The summed E-state index contributed by atoms with van der Waals surface area (Å²) < 4.78 is 27.7. The molecule has 102 valence electrons. The summed E-state index contributed by atoms with van der Waals surface area (Å²) in [4.78, 5) is 1.98. The molecule has 0 spiro atoms. The van der Waals surface area contributed by atoms with Gasteiger partial charge in [-0.15, -0.1) is 0 Å². The summed E-state index contributed by atoms with van der Waals surface area (Å²) in [5.74, 6) is 0.0631. The molecule has 0 aliphatic rings. The molecule has 0 radical (unpaired) electrons. The topological polar surface area (TPSA) is 3.24 Å². The van der Waals surface area contributed by atoms with Crippen LogP contribution in [0.5, 0.6) is 0 Å². The van der Waals surface area contributed by atoms with Gasteiger partial charge in [-0.3, -0.25) is 4.90 Å². The molecule has 1 nitrogen and oxygen atoms in total. The van der Waals surface area contributed by atoms with E-state index in [-0.39, 0.29) is 12.1 Å². The summed E-state index contributed by atoms with van der Waals surface area (Å²) in [5.41, 5.74) is 0.128. The van der Waals surface area contributed by atoms with E-state index in [9.17, 15) is 8.78 Å². The molecule has 0 amide bonds. The molecule has 0 N–H and O–H groups in total. The maximum absolute atomic E-state index is 13.8. The van der Waals surface area contributed by atoms with Gasteiger partial charge in [0.15, 0.2) is 0 Å². The number of benzene rings is 1. The lowest BCUT2D eigenvalue weighted by atomic mass is 10.1. The minimum Gasteiger partial charge on any atom is -0.299 e. The van der Waals surface area contributed by atoms with Crippen LogP contribution in [0.3, 0.4) is 0 Å². The van der Waals surface area contributed by atoms with Crippen molar-refractivity contribution in [3.63, 3.8) is 0 Å². The van der Waals surface area contributed by atoms with Gasteiger partial charge in [-0.05, 0) is 60.5 Å². The summed E-state index contributed by atoms with van der Waals surface area (Å²) in [6.07, 6.45) is 3.06. The Kier molecular flexibility index (Phi) is 6.60. The maximum atomic E-state index is 13.8. The monoisotopic (exact) mass is 337 g/mol. The van der Waals surface area contributed by atoms with Crippen molar-refractivity contribution >= 4 is 27.7 Å². The van der Waals surface area contributed by atoms with Crippen LogP contribution in [0.15, 0.2) is 16.6 Å². The zero-order valence-electron chi connectivity index (χ0n) is 10.8. The van der Waals surface area contributed by atoms with Gasteiger partial charge in [-0.25, -0.2) is 8.78 Å². The Bertz CT molecular complexity index is 401. The molecule has 1 atom stereocenters. The summed E-state index contributed by atoms with van der Waals surface area (Å²) in [7, 11) is 1.89. The lowest BCUT2D eigenvalue weighted by molar-refractivity contribution is 0.238. The number of halogens is 3. The second kappa shape index (κ2) is 7.46. The van der Waals surface area contributed by atoms with Crippen molar-refractivity contribution in [2.24, 2.45) is 0 Å². The van der Waals surface area contributed by atoms with E-state index in [0.29, 0.717) is 10.5 Å². The Labute approximate surface area is 120 Å². The second-order valence-electron chi connectivity index (χ2n) is 4.37. The van der Waals surface area contributed by atoms with Crippen molar-refractivity contribution in [2.45, 2.75) is 25.9 Å². The van der Waals surface area contributed by atoms with E-state index >= 15 is 0 Å². The normalized spacial score (nSPS) is 13.1. The fourth-order valence-corrected chi connectivity index (χ4v) is 2.58. The van der Waals surface area contributed by atoms with Gasteiger partial charge in [0.25, 0.3) is 0 Å². The van der Waals surface area contributed by atoms with E-state index < -0.39 is 11.6 Å². The van der Waals surface area contributed by atoms with Gasteiger partial charge < -0.3 is 0 Å². The van der Waals surface area contributed by atoms with Crippen molar-refractivity contribution < 1.29 is 8.78 Å². The molecule has 0 heterocycles. The first-order valence-corrected chi connectivity index (χ1v) is 7.97. The van der Waals surface area contributed by atoms with Crippen LogP contribution >= 0.6 is 27.7 Å². The van der Waals surface area contributed by atoms with Crippen LogP contribution in [-0.4, -0.2) is 30.0 Å². The van der Waals surface area contributed by atoms with Crippen LogP contribution in [0.25, 0.3) is 0 Å². The molecular weight excluding hydrogens is 320 g/mol. The van der Waals surface area contributed by atoms with Crippen molar-refractivity contribution in [2.75, 3.05) is 19.1 Å². The molecule has 1 aromatic rings. The third-order valence-corrected chi connectivity index (χ3v) is 4.30. The van der Waals surface area contributed by atoms with Crippen LogP contribution in [-0.2, 0) is 6.54 Å². The molecule has 0 saturated carbocycles. The van der Waals surface area contributed by atoms with Gasteiger partial charge in [-0.2, -0.15) is 11.8 Å². The van der Waals surface area contributed by atoms with Gasteiger partial charge in [0.05, 0.1) is 4.47 Å². The average molecular weight is 338 g/mol. The highest BCUT2D eigenvalue weighted by molar-refractivity contribution is 9.10. The molecule has 0 saturated heterocycles. The Morgan fingerprint density at radius 3 is 2.67 bits per heavy atom. The van der Waals surface area contributed by atoms with Crippen molar-refractivity contribution in [1.82, 2.24) is 4.90 Å². The summed E-state index contributed by atoms with van der Waals surface area (Å²) in [6.45, 7) is 2.36. The fourth-order valence-electron chi connectivity index (χ4n) is 1.63. The first-order chi connectivity index (χ1) is 8.47. The lowest BCUT2D eigenvalue weighted by Crippen LogP contribution is -2.29. The summed E-state index contributed by atoms with van der Waals surface area (Å²) in [5, 5.41) is 0. The molecule has 1 rings (SSSR count). The number of hydrogen-bond acceptors (Lipinski definition) is 2. The Balaban J connectivity index is 2.75. The van der Waals surface area contributed by atoms with Crippen LogP contribution in [0.1, 0.15) is 18.9 Å². The number of thioether (sulfide) groups is 1. The molecule has 0 fully saturated rings. The van der Waals surface area contributed by atoms with Crippen molar-refractivity contribution in [1.29, 1.82) is 0 Å². The van der Waals surface area contributed by atoms with Gasteiger partial charge in [0.2, 0.25) is 0 Å². The number of nitrogens with zero attached hydrogens (tertiary/aromatic N) is 1. The smallest absolute Gasteiger partial charge is 0.144 e.